The summed E-state index contributed by atoms with van der Waals surface area (Å²) in [4.78, 5) is 12.2. The first-order valence-corrected chi connectivity index (χ1v) is 3.31. The van der Waals surface area contributed by atoms with E-state index in [4.69, 9.17) is 5.26 Å². The van der Waals surface area contributed by atoms with E-state index in [-0.39, 0.29) is 6.09 Å². The lowest BCUT2D eigenvalue weighted by atomic mass is 10.4. The zero-order valence-corrected chi connectivity index (χ0v) is 5.99. The normalized spacial score (nSPS) is 17.0. The first-order valence-electron chi connectivity index (χ1n) is 3.31. The number of cyclic esters (lactones) is 1. The van der Waals surface area contributed by atoms with E-state index in [1.54, 1.807) is 12.3 Å². The molecule has 1 rings (SSSR count). The Morgan fingerprint density at radius 3 is 3.18 bits per heavy atom. The number of carbonyl (C=O) groups excluding carboxylic acids is 1. The molecule has 1 fully saturated rings. The van der Waals surface area contributed by atoms with Crippen molar-refractivity contribution >= 4 is 6.09 Å². The predicted molar refractivity (Wildman–Crippen MR) is 37.4 cm³/mol. The summed E-state index contributed by atoms with van der Waals surface area (Å²) >= 11 is 0. The van der Waals surface area contributed by atoms with Crippen molar-refractivity contribution in [1.29, 1.82) is 5.26 Å². The maximum Gasteiger partial charge on any atom is 0.413 e. The first kappa shape index (κ1) is 7.61. The van der Waals surface area contributed by atoms with E-state index in [0.717, 1.165) is 0 Å². The van der Waals surface area contributed by atoms with Crippen LogP contribution in [0.2, 0.25) is 0 Å². The molecule has 0 atom stereocenters. The number of rotatable bonds is 2. The lowest BCUT2D eigenvalue weighted by Crippen LogP contribution is -2.16. The minimum absolute atomic E-state index is 0.323. The zero-order valence-electron chi connectivity index (χ0n) is 5.99. The van der Waals surface area contributed by atoms with Crippen molar-refractivity contribution in [3.63, 3.8) is 0 Å². The Kier molecular flexibility index (Phi) is 2.50. The summed E-state index contributed by atoms with van der Waals surface area (Å²) < 4.78 is 4.65. The van der Waals surface area contributed by atoms with Crippen molar-refractivity contribution in [2.45, 2.75) is 6.42 Å². The molecule has 1 saturated heterocycles. The third-order valence-corrected chi connectivity index (χ3v) is 1.29. The summed E-state index contributed by atoms with van der Waals surface area (Å²) in [7, 11) is 0. The average Bonchev–Trinajstić information content (AvgIpc) is 2.37. The molecule has 0 unspecified atom stereocenters. The highest BCUT2D eigenvalue weighted by atomic mass is 16.6. The van der Waals surface area contributed by atoms with Gasteiger partial charge in [-0.05, 0) is 0 Å². The molecule has 0 aromatic heterocycles. The number of hydrogen-bond donors (Lipinski definition) is 0. The second kappa shape index (κ2) is 3.62. The third-order valence-electron chi connectivity index (χ3n) is 1.29. The van der Waals surface area contributed by atoms with Crippen molar-refractivity contribution in [2.24, 2.45) is 0 Å². The molecule has 0 bridgehead atoms. The molecule has 4 heteroatoms. The fourth-order valence-corrected chi connectivity index (χ4v) is 0.774. The third kappa shape index (κ3) is 1.97. The summed E-state index contributed by atoms with van der Waals surface area (Å²) in [6.45, 7) is 1.02. The fraction of sp³-hybridized carbons (Fsp3) is 0.429. The van der Waals surface area contributed by atoms with Crippen LogP contribution in [0.1, 0.15) is 6.42 Å². The molecule has 0 saturated carbocycles. The number of carbonyl (C=O) groups is 1. The van der Waals surface area contributed by atoms with Gasteiger partial charge in [0.05, 0.1) is 19.0 Å². The van der Waals surface area contributed by atoms with Crippen LogP contribution in [0, 0.1) is 11.3 Å². The van der Waals surface area contributed by atoms with Crippen LogP contribution >= 0.6 is 0 Å². The Balaban J connectivity index is 2.37. The van der Waals surface area contributed by atoms with Gasteiger partial charge in [-0.3, -0.25) is 4.90 Å². The van der Waals surface area contributed by atoms with Gasteiger partial charge in [-0.1, -0.05) is 6.08 Å². The Labute approximate surface area is 64.7 Å². The Bertz CT molecular complexity index is 217. The van der Waals surface area contributed by atoms with Crippen LogP contribution in [-0.2, 0) is 4.74 Å². The predicted octanol–water partition coefficient (Wildman–Crippen LogP) is 0.866. The molecule has 1 aliphatic rings. The van der Waals surface area contributed by atoms with E-state index in [2.05, 4.69) is 4.74 Å². The smallest absolute Gasteiger partial charge is 0.413 e. The molecule has 0 radical (unpaired) electrons. The molecule has 58 valence electrons. The number of allylic oxidation sites excluding steroid dienone is 1. The Hall–Kier alpha value is -1.50. The standard InChI is InChI=1S/C7H8N2O2/c8-3-1-2-4-9-5-6-11-7(9)10/h2,4H,1,5-6H2/b4-2+. The minimum Gasteiger partial charge on any atom is -0.447 e. The van der Waals surface area contributed by atoms with Gasteiger partial charge in [0.15, 0.2) is 0 Å². The molecule has 0 aliphatic carbocycles. The molecular weight excluding hydrogens is 144 g/mol. The van der Waals surface area contributed by atoms with Gasteiger partial charge in [0.2, 0.25) is 0 Å². The lowest BCUT2D eigenvalue weighted by Gasteiger charge is -2.02. The summed E-state index contributed by atoms with van der Waals surface area (Å²) in [5, 5.41) is 8.17. The molecule has 0 spiro atoms. The molecule has 11 heavy (non-hydrogen) atoms. The average molecular weight is 152 g/mol. The SMILES string of the molecule is N#CC/C=C/N1CCOC1=O. The van der Waals surface area contributed by atoms with Crippen molar-refractivity contribution in [3.05, 3.63) is 12.3 Å². The van der Waals surface area contributed by atoms with Gasteiger partial charge in [0, 0.05) is 6.20 Å². The highest BCUT2D eigenvalue weighted by Crippen LogP contribution is 2.03. The van der Waals surface area contributed by atoms with Gasteiger partial charge in [-0.25, -0.2) is 4.79 Å². The maximum absolute atomic E-state index is 10.7. The molecular formula is C7H8N2O2. The molecule has 1 heterocycles. The van der Waals surface area contributed by atoms with Gasteiger partial charge in [-0.2, -0.15) is 5.26 Å². The maximum atomic E-state index is 10.7. The van der Waals surface area contributed by atoms with E-state index in [9.17, 15) is 4.79 Å². The molecule has 0 N–H and O–H groups in total. The van der Waals surface area contributed by atoms with Crippen LogP contribution in [0.3, 0.4) is 0 Å². The first-order chi connectivity index (χ1) is 5.34. The van der Waals surface area contributed by atoms with Crippen LogP contribution < -0.4 is 0 Å². The molecule has 0 aromatic rings. The number of ether oxygens (including phenoxy) is 1. The summed E-state index contributed by atoms with van der Waals surface area (Å²) in [5.74, 6) is 0. The monoisotopic (exact) mass is 152 g/mol. The van der Waals surface area contributed by atoms with Crippen LogP contribution in [0.25, 0.3) is 0 Å². The minimum atomic E-state index is -0.334. The topological polar surface area (TPSA) is 53.3 Å². The Morgan fingerprint density at radius 1 is 1.82 bits per heavy atom. The number of nitrogens with zero attached hydrogens (tertiary/aromatic N) is 2. The summed E-state index contributed by atoms with van der Waals surface area (Å²) in [6, 6.07) is 1.94. The van der Waals surface area contributed by atoms with Crippen molar-refractivity contribution in [3.8, 4) is 6.07 Å². The van der Waals surface area contributed by atoms with Crippen LogP contribution in [0.5, 0.6) is 0 Å². The number of nitriles is 1. The molecule has 1 aliphatic heterocycles. The van der Waals surface area contributed by atoms with Gasteiger partial charge in [-0.15, -0.1) is 0 Å². The highest BCUT2D eigenvalue weighted by molar-refractivity contribution is 5.70. The molecule has 1 amide bonds. The largest absolute Gasteiger partial charge is 0.447 e. The Morgan fingerprint density at radius 2 is 2.64 bits per heavy atom. The summed E-state index contributed by atoms with van der Waals surface area (Å²) in [6.07, 6.45) is 3.20. The van der Waals surface area contributed by atoms with Crippen LogP contribution in [-0.4, -0.2) is 24.1 Å². The van der Waals surface area contributed by atoms with E-state index in [1.165, 1.54) is 4.90 Å². The van der Waals surface area contributed by atoms with E-state index in [1.807, 2.05) is 6.07 Å². The number of amides is 1. The van der Waals surface area contributed by atoms with Gasteiger partial charge >= 0.3 is 6.09 Å². The highest BCUT2D eigenvalue weighted by Gasteiger charge is 2.18. The molecule has 4 nitrogen and oxygen atoms in total. The van der Waals surface area contributed by atoms with E-state index >= 15 is 0 Å². The zero-order chi connectivity index (χ0) is 8.10. The van der Waals surface area contributed by atoms with E-state index in [0.29, 0.717) is 19.6 Å². The van der Waals surface area contributed by atoms with Crippen molar-refractivity contribution in [1.82, 2.24) is 4.90 Å². The second-order valence-electron chi connectivity index (χ2n) is 2.05. The lowest BCUT2D eigenvalue weighted by molar-refractivity contribution is 0.166. The van der Waals surface area contributed by atoms with Gasteiger partial charge in [0.25, 0.3) is 0 Å². The number of hydrogen-bond acceptors (Lipinski definition) is 3. The second-order valence-corrected chi connectivity index (χ2v) is 2.05. The van der Waals surface area contributed by atoms with E-state index < -0.39 is 0 Å². The quantitative estimate of drug-likeness (QED) is 0.589. The van der Waals surface area contributed by atoms with Crippen molar-refractivity contribution in [2.75, 3.05) is 13.2 Å². The van der Waals surface area contributed by atoms with Gasteiger partial charge < -0.3 is 4.74 Å². The van der Waals surface area contributed by atoms with Crippen molar-refractivity contribution < 1.29 is 9.53 Å². The molecule has 0 aromatic carbocycles. The van der Waals surface area contributed by atoms with Crippen LogP contribution in [0.15, 0.2) is 12.3 Å². The fourth-order valence-electron chi connectivity index (χ4n) is 0.774. The summed E-state index contributed by atoms with van der Waals surface area (Å²) in [5.41, 5.74) is 0. The van der Waals surface area contributed by atoms with Crippen LogP contribution in [0.4, 0.5) is 4.79 Å². The van der Waals surface area contributed by atoms with Gasteiger partial charge in [0.1, 0.15) is 6.61 Å².